The maximum atomic E-state index is 13.1. The lowest BCUT2D eigenvalue weighted by Crippen LogP contribution is -2.29. The lowest BCUT2D eigenvalue weighted by Gasteiger charge is -2.18. The van der Waals surface area contributed by atoms with Gasteiger partial charge >= 0.3 is 6.03 Å². The second kappa shape index (κ2) is 8.26. The minimum atomic E-state index is -0.322. The van der Waals surface area contributed by atoms with Crippen LogP contribution >= 0.6 is 0 Å². The van der Waals surface area contributed by atoms with E-state index in [2.05, 4.69) is 10.6 Å². The van der Waals surface area contributed by atoms with Crippen LogP contribution in [0.5, 0.6) is 11.5 Å². The van der Waals surface area contributed by atoms with Crippen molar-refractivity contribution >= 4 is 23.3 Å². The minimum absolute atomic E-state index is 0.00175. The number of fused-ring (bicyclic) bond motifs is 2. The molecule has 2 N–H and O–H groups in total. The number of aryl methyl sites for hydroxylation is 1. The molecule has 5 rings (SSSR count). The normalized spacial score (nSPS) is 13.6. The summed E-state index contributed by atoms with van der Waals surface area (Å²) in [6, 6.07) is 18.6. The number of hydrogen-bond donors (Lipinski definition) is 2. The molecule has 3 aromatic carbocycles. The number of amides is 3. The summed E-state index contributed by atoms with van der Waals surface area (Å²) in [5.41, 5.74) is 5.34. The van der Waals surface area contributed by atoms with Crippen molar-refractivity contribution in [3.63, 3.8) is 0 Å². The summed E-state index contributed by atoms with van der Waals surface area (Å²) in [5.74, 6) is 1.27. The molecule has 0 saturated carbocycles. The number of carbonyl (C=O) groups excluding carboxylic acids is 2. The zero-order valence-corrected chi connectivity index (χ0v) is 17.7. The largest absolute Gasteiger partial charge is 0.454 e. The molecule has 0 aliphatic carbocycles. The molecule has 0 atom stereocenters. The summed E-state index contributed by atoms with van der Waals surface area (Å²) in [6.45, 7) is 3.17. The van der Waals surface area contributed by atoms with E-state index in [1.165, 1.54) is 0 Å². The Morgan fingerprint density at radius 2 is 1.88 bits per heavy atom. The van der Waals surface area contributed by atoms with E-state index in [0.717, 1.165) is 28.8 Å². The van der Waals surface area contributed by atoms with Crippen LogP contribution in [0.25, 0.3) is 0 Å². The number of urea groups is 1. The van der Waals surface area contributed by atoms with Crippen molar-refractivity contribution in [1.82, 2.24) is 5.32 Å². The van der Waals surface area contributed by atoms with Gasteiger partial charge < -0.3 is 25.0 Å². The molecule has 2 aliphatic heterocycles. The summed E-state index contributed by atoms with van der Waals surface area (Å²) in [4.78, 5) is 27.2. The van der Waals surface area contributed by atoms with E-state index >= 15 is 0 Å². The zero-order valence-electron chi connectivity index (χ0n) is 17.7. The first-order chi connectivity index (χ1) is 15.6. The van der Waals surface area contributed by atoms with Gasteiger partial charge in [0.1, 0.15) is 0 Å². The van der Waals surface area contributed by atoms with Gasteiger partial charge in [0, 0.05) is 36.1 Å². The molecule has 2 heterocycles. The van der Waals surface area contributed by atoms with E-state index < -0.39 is 0 Å². The van der Waals surface area contributed by atoms with Crippen LogP contribution in [0.15, 0.2) is 60.7 Å². The monoisotopic (exact) mass is 429 g/mol. The number of hydrogen-bond acceptors (Lipinski definition) is 4. The van der Waals surface area contributed by atoms with Gasteiger partial charge in [-0.3, -0.25) is 4.79 Å². The van der Waals surface area contributed by atoms with Crippen LogP contribution in [0.3, 0.4) is 0 Å². The van der Waals surface area contributed by atoms with Gasteiger partial charge in [0.25, 0.3) is 5.91 Å². The lowest BCUT2D eigenvalue weighted by atomic mass is 10.1. The summed E-state index contributed by atoms with van der Waals surface area (Å²) in [6.07, 6.45) is 0.825. The molecule has 3 aromatic rings. The van der Waals surface area contributed by atoms with Gasteiger partial charge in [0.15, 0.2) is 11.5 Å². The molecule has 162 valence electrons. The van der Waals surface area contributed by atoms with Gasteiger partial charge in [-0.15, -0.1) is 0 Å². The highest BCUT2D eigenvalue weighted by Gasteiger charge is 2.26. The molecule has 0 unspecified atom stereocenters. The second-order valence-electron chi connectivity index (χ2n) is 7.92. The maximum absolute atomic E-state index is 13.1. The van der Waals surface area contributed by atoms with Gasteiger partial charge in [0.05, 0.1) is 0 Å². The molecule has 0 spiro atoms. The Kier molecular flexibility index (Phi) is 5.15. The Balaban J connectivity index is 1.24. The summed E-state index contributed by atoms with van der Waals surface area (Å²) >= 11 is 0. The number of anilines is 2. The zero-order chi connectivity index (χ0) is 22.1. The highest BCUT2D eigenvalue weighted by molar-refractivity contribution is 6.07. The molecular formula is C25H23N3O4. The molecule has 3 amide bonds. The molecular weight excluding hydrogens is 406 g/mol. The summed E-state index contributed by atoms with van der Waals surface area (Å²) in [7, 11) is 0. The first-order valence-corrected chi connectivity index (χ1v) is 10.5. The Morgan fingerprint density at radius 1 is 1.00 bits per heavy atom. The van der Waals surface area contributed by atoms with Gasteiger partial charge in [-0.2, -0.15) is 0 Å². The van der Waals surface area contributed by atoms with Crippen molar-refractivity contribution in [2.24, 2.45) is 0 Å². The topological polar surface area (TPSA) is 79.9 Å². The Bertz CT molecular complexity index is 1210. The minimum Gasteiger partial charge on any atom is -0.454 e. The average Bonchev–Trinajstić information content (AvgIpc) is 3.43. The molecule has 32 heavy (non-hydrogen) atoms. The van der Waals surface area contributed by atoms with Crippen molar-refractivity contribution in [1.29, 1.82) is 0 Å². The standard InChI is InChI=1S/C25H23N3O4/c1-16-3-2-4-19(11-16)24(29)28-10-9-18-6-5-17(12-21(18)28)14-26-25(30)27-20-7-8-22-23(13-20)32-15-31-22/h2-8,11-13H,9-10,14-15H2,1H3,(H2,26,27,30). The Morgan fingerprint density at radius 3 is 2.75 bits per heavy atom. The van der Waals surface area contributed by atoms with E-state index in [-0.39, 0.29) is 18.7 Å². The Hall–Kier alpha value is -4.00. The summed E-state index contributed by atoms with van der Waals surface area (Å²) in [5, 5.41) is 5.66. The van der Waals surface area contributed by atoms with E-state index in [9.17, 15) is 9.59 Å². The van der Waals surface area contributed by atoms with Gasteiger partial charge in [-0.05, 0) is 54.8 Å². The fourth-order valence-electron chi connectivity index (χ4n) is 4.01. The molecule has 0 aromatic heterocycles. The average molecular weight is 429 g/mol. The fraction of sp³-hybridized carbons (Fsp3) is 0.200. The van der Waals surface area contributed by atoms with Crippen molar-refractivity contribution in [3.8, 4) is 11.5 Å². The maximum Gasteiger partial charge on any atom is 0.319 e. The highest BCUT2D eigenvalue weighted by atomic mass is 16.7. The number of ether oxygens (including phenoxy) is 2. The predicted octanol–water partition coefficient (Wildman–Crippen LogP) is 4.25. The third-order valence-corrected chi connectivity index (χ3v) is 5.64. The van der Waals surface area contributed by atoms with E-state index in [1.54, 1.807) is 18.2 Å². The second-order valence-corrected chi connectivity index (χ2v) is 7.92. The quantitative estimate of drug-likeness (QED) is 0.650. The van der Waals surface area contributed by atoms with Crippen LogP contribution in [0, 0.1) is 6.92 Å². The lowest BCUT2D eigenvalue weighted by molar-refractivity contribution is 0.0989. The fourth-order valence-corrected chi connectivity index (χ4v) is 4.01. The van der Waals surface area contributed by atoms with Crippen molar-refractivity contribution in [2.75, 3.05) is 23.6 Å². The third-order valence-electron chi connectivity index (χ3n) is 5.64. The van der Waals surface area contributed by atoms with E-state index in [1.807, 2.05) is 54.3 Å². The van der Waals surface area contributed by atoms with Gasteiger partial charge in [-0.1, -0.05) is 29.8 Å². The van der Waals surface area contributed by atoms with Crippen molar-refractivity contribution in [2.45, 2.75) is 19.9 Å². The Labute approximate surface area is 185 Å². The van der Waals surface area contributed by atoms with Crippen molar-refractivity contribution in [3.05, 3.63) is 82.9 Å². The van der Waals surface area contributed by atoms with Crippen LogP contribution in [0.4, 0.5) is 16.2 Å². The van der Waals surface area contributed by atoms with Gasteiger partial charge in [0.2, 0.25) is 6.79 Å². The van der Waals surface area contributed by atoms with Gasteiger partial charge in [-0.25, -0.2) is 4.79 Å². The number of benzene rings is 3. The summed E-state index contributed by atoms with van der Waals surface area (Å²) < 4.78 is 10.6. The van der Waals surface area contributed by atoms with Crippen LogP contribution < -0.4 is 25.0 Å². The van der Waals surface area contributed by atoms with Crippen LogP contribution in [0.1, 0.15) is 27.0 Å². The first kappa shape index (κ1) is 19.9. The van der Waals surface area contributed by atoms with E-state index in [0.29, 0.717) is 35.8 Å². The molecule has 2 aliphatic rings. The number of rotatable bonds is 4. The highest BCUT2D eigenvalue weighted by Crippen LogP contribution is 2.34. The molecule has 0 radical (unpaired) electrons. The van der Waals surface area contributed by atoms with Crippen LogP contribution in [0.2, 0.25) is 0 Å². The first-order valence-electron chi connectivity index (χ1n) is 10.5. The number of carbonyl (C=O) groups is 2. The molecule has 7 heteroatoms. The molecule has 0 bridgehead atoms. The van der Waals surface area contributed by atoms with Crippen LogP contribution in [-0.4, -0.2) is 25.3 Å². The third kappa shape index (κ3) is 3.97. The number of nitrogens with one attached hydrogen (secondary N) is 2. The van der Waals surface area contributed by atoms with Crippen LogP contribution in [-0.2, 0) is 13.0 Å². The van der Waals surface area contributed by atoms with Crippen molar-refractivity contribution < 1.29 is 19.1 Å². The molecule has 0 saturated heterocycles. The predicted molar refractivity (Wildman–Crippen MR) is 121 cm³/mol. The number of nitrogens with zero attached hydrogens (tertiary/aromatic N) is 1. The van der Waals surface area contributed by atoms with E-state index in [4.69, 9.17) is 9.47 Å². The SMILES string of the molecule is Cc1cccc(C(=O)N2CCc3ccc(CNC(=O)Nc4ccc5c(c4)OCO5)cc32)c1. The molecule has 0 fully saturated rings. The smallest absolute Gasteiger partial charge is 0.319 e. The molecule has 7 nitrogen and oxygen atoms in total.